The summed E-state index contributed by atoms with van der Waals surface area (Å²) in [6.45, 7) is 12.0. The van der Waals surface area contributed by atoms with Crippen molar-refractivity contribution >= 4 is 17.8 Å². The Balaban J connectivity index is 2.13. The first-order valence-corrected chi connectivity index (χ1v) is 11.4. The van der Waals surface area contributed by atoms with Crippen LogP contribution in [0.5, 0.6) is 5.75 Å². The Morgan fingerprint density at radius 2 is 1.66 bits per heavy atom. The summed E-state index contributed by atoms with van der Waals surface area (Å²) in [7, 11) is 1.57. The predicted molar refractivity (Wildman–Crippen MR) is 125 cm³/mol. The lowest BCUT2D eigenvalue weighted by Crippen LogP contribution is -2.56. The summed E-state index contributed by atoms with van der Waals surface area (Å²) in [4.78, 5) is 42.2. The first kappa shape index (κ1) is 25.5. The summed E-state index contributed by atoms with van der Waals surface area (Å²) < 4.78 is 5.15. The van der Waals surface area contributed by atoms with Crippen LogP contribution in [0.1, 0.15) is 57.8 Å². The van der Waals surface area contributed by atoms with Crippen LogP contribution in [-0.4, -0.2) is 72.5 Å². The molecule has 1 aliphatic heterocycles. The number of piperidine rings is 1. The van der Waals surface area contributed by atoms with E-state index in [0.29, 0.717) is 50.3 Å². The number of nitrogens with zero attached hydrogens (tertiary/aromatic N) is 2. The van der Waals surface area contributed by atoms with Crippen LogP contribution in [0.3, 0.4) is 0 Å². The second kappa shape index (κ2) is 11.2. The molecule has 0 saturated carbocycles. The van der Waals surface area contributed by atoms with Crippen molar-refractivity contribution in [1.29, 1.82) is 0 Å². The molecule has 0 aromatic heterocycles. The van der Waals surface area contributed by atoms with Gasteiger partial charge in [0.2, 0.25) is 5.91 Å². The number of hydrogen-bond acceptors (Lipinski definition) is 4. The zero-order valence-corrected chi connectivity index (χ0v) is 20.2. The van der Waals surface area contributed by atoms with Gasteiger partial charge < -0.3 is 25.2 Å². The third-order valence-corrected chi connectivity index (χ3v) is 5.76. The minimum Gasteiger partial charge on any atom is -0.497 e. The molecule has 8 nitrogen and oxygen atoms in total. The fourth-order valence-electron chi connectivity index (χ4n) is 3.92. The van der Waals surface area contributed by atoms with Crippen LogP contribution in [0.4, 0.5) is 4.79 Å². The second-order valence-electron chi connectivity index (χ2n) is 9.19. The molecule has 1 fully saturated rings. The number of likely N-dealkylation sites (N-methyl/N-ethyl adjacent to an activating group) is 1. The zero-order chi connectivity index (χ0) is 23.9. The van der Waals surface area contributed by atoms with E-state index >= 15 is 0 Å². The van der Waals surface area contributed by atoms with Gasteiger partial charge in [0.1, 0.15) is 11.8 Å². The summed E-state index contributed by atoms with van der Waals surface area (Å²) in [6.07, 6.45) is 1.30. The molecule has 32 heavy (non-hydrogen) atoms. The SMILES string of the molecule is CCN(CC)C(=O)C(NC(=O)c1ccc(OC)cc1)C1CCN(C(=O)NC(C)(C)C)CC1. The van der Waals surface area contributed by atoms with E-state index in [4.69, 9.17) is 4.74 Å². The van der Waals surface area contributed by atoms with Gasteiger partial charge in [-0.05, 0) is 77.6 Å². The van der Waals surface area contributed by atoms with Crippen molar-refractivity contribution in [3.63, 3.8) is 0 Å². The Morgan fingerprint density at radius 1 is 1.09 bits per heavy atom. The van der Waals surface area contributed by atoms with E-state index in [1.807, 2.05) is 34.6 Å². The molecule has 0 bridgehead atoms. The number of rotatable bonds is 7. The fraction of sp³-hybridized carbons (Fsp3) is 0.625. The lowest BCUT2D eigenvalue weighted by atomic mass is 9.88. The molecular formula is C24H38N4O4. The molecule has 178 valence electrons. The number of urea groups is 1. The van der Waals surface area contributed by atoms with Gasteiger partial charge in [0.15, 0.2) is 0 Å². The Hall–Kier alpha value is -2.77. The molecule has 1 saturated heterocycles. The molecule has 1 atom stereocenters. The number of benzene rings is 1. The predicted octanol–water partition coefficient (Wildman–Crippen LogP) is 2.88. The summed E-state index contributed by atoms with van der Waals surface area (Å²) in [5.74, 6) is 0.266. The third-order valence-electron chi connectivity index (χ3n) is 5.76. The van der Waals surface area contributed by atoms with Gasteiger partial charge >= 0.3 is 6.03 Å². The van der Waals surface area contributed by atoms with Crippen LogP contribution in [0.15, 0.2) is 24.3 Å². The summed E-state index contributed by atoms with van der Waals surface area (Å²) >= 11 is 0. The maximum Gasteiger partial charge on any atom is 0.317 e. The van der Waals surface area contributed by atoms with Gasteiger partial charge in [-0.1, -0.05) is 0 Å². The minimum atomic E-state index is -0.627. The summed E-state index contributed by atoms with van der Waals surface area (Å²) in [6, 6.07) is 6.10. The van der Waals surface area contributed by atoms with Gasteiger partial charge in [0, 0.05) is 37.3 Å². The number of nitrogens with one attached hydrogen (secondary N) is 2. The molecule has 1 heterocycles. The highest BCUT2D eigenvalue weighted by Crippen LogP contribution is 2.23. The third kappa shape index (κ3) is 6.87. The molecule has 1 aliphatic rings. The van der Waals surface area contributed by atoms with E-state index in [0.717, 1.165) is 0 Å². The van der Waals surface area contributed by atoms with Crippen LogP contribution in [-0.2, 0) is 4.79 Å². The van der Waals surface area contributed by atoms with Crippen molar-refractivity contribution in [1.82, 2.24) is 20.4 Å². The molecule has 2 N–H and O–H groups in total. The average molecular weight is 447 g/mol. The molecule has 0 aliphatic carbocycles. The van der Waals surface area contributed by atoms with E-state index in [2.05, 4.69) is 10.6 Å². The van der Waals surface area contributed by atoms with E-state index < -0.39 is 6.04 Å². The molecule has 4 amide bonds. The molecule has 1 unspecified atom stereocenters. The number of carbonyl (C=O) groups excluding carboxylic acids is 3. The van der Waals surface area contributed by atoms with Crippen molar-refractivity contribution in [2.45, 2.75) is 59.0 Å². The number of carbonyl (C=O) groups is 3. The Labute approximate surface area is 191 Å². The molecule has 1 aromatic rings. The number of amides is 4. The average Bonchev–Trinajstić information content (AvgIpc) is 2.77. The van der Waals surface area contributed by atoms with Crippen LogP contribution in [0, 0.1) is 5.92 Å². The molecular weight excluding hydrogens is 408 g/mol. The standard InChI is InChI=1S/C24H38N4O4/c1-7-27(8-2)22(30)20(25-21(29)18-9-11-19(32-6)12-10-18)17-13-15-28(16-14-17)23(31)26-24(3,4)5/h9-12,17,20H,7-8,13-16H2,1-6H3,(H,25,29)(H,26,31). The summed E-state index contributed by atoms with van der Waals surface area (Å²) in [5, 5.41) is 5.97. The minimum absolute atomic E-state index is 0.0380. The highest BCUT2D eigenvalue weighted by Gasteiger charge is 2.36. The van der Waals surface area contributed by atoms with Gasteiger partial charge in [-0.2, -0.15) is 0 Å². The first-order valence-electron chi connectivity index (χ1n) is 11.4. The number of hydrogen-bond donors (Lipinski definition) is 2. The largest absolute Gasteiger partial charge is 0.497 e. The van der Waals surface area contributed by atoms with Crippen molar-refractivity contribution < 1.29 is 19.1 Å². The number of methoxy groups -OCH3 is 1. The maximum absolute atomic E-state index is 13.3. The Bertz CT molecular complexity index is 776. The fourth-order valence-corrected chi connectivity index (χ4v) is 3.92. The maximum atomic E-state index is 13.3. The molecule has 0 spiro atoms. The smallest absolute Gasteiger partial charge is 0.317 e. The van der Waals surface area contributed by atoms with Crippen LogP contribution < -0.4 is 15.4 Å². The molecule has 0 radical (unpaired) electrons. The number of ether oxygens (including phenoxy) is 1. The van der Waals surface area contributed by atoms with E-state index in [9.17, 15) is 14.4 Å². The monoisotopic (exact) mass is 446 g/mol. The van der Waals surface area contributed by atoms with Gasteiger partial charge in [-0.25, -0.2) is 4.79 Å². The van der Waals surface area contributed by atoms with E-state index in [1.165, 1.54) is 0 Å². The highest BCUT2D eigenvalue weighted by atomic mass is 16.5. The topological polar surface area (TPSA) is 91.0 Å². The van der Waals surface area contributed by atoms with Crippen molar-refractivity contribution in [2.75, 3.05) is 33.3 Å². The normalized spacial score (nSPS) is 15.6. The quantitative estimate of drug-likeness (QED) is 0.674. The van der Waals surface area contributed by atoms with Crippen molar-refractivity contribution in [3.8, 4) is 5.75 Å². The van der Waals surface area contributed by atoms with Crippen molar-refractivity contribution in [3.05, 3.63) is 29.8 Å². The first-order chi connectivity index (χ1) is 15.1. The van der Waals surface area contributed by atoms with Gasteiger partial charge in [0.05, 0.1) is 7.11 Å². The zero-order valence-electron chi connectivity index (χ0n) is 20.2. The lowest BCUT2D eigenvalue weighted by molar-refractivity contribution is -0.134. The van der Waals surface area contributed by atoms with Crippen LogP contribution in [0.25, 0.3) is 0 Å². The lowest BCUT2D eigenvalue weighted by Gasteiger charge is -2.38. The van der Waals surface area contributed by atoms with E-state index in [1.54, 1.807) is 41.2 Å². The number of likely N-dealkylation sites (tertiary alicyclic amines) is 1. The van der Waals surface area contributed by atoms with Gasteiger partial charge in [-0.3, -0.25) is 9.59 Å². The Morgan fingerprint density at radius 3 is 2.12 bits per heavy atom. The molecule has 1 aromatic carbocycles. The Kier molecular flexibility index (Phi) is 8.92. The van der Waals surface area contributed by atoms with Crippen molar-refractivity contribution in [2.24, 2.45) is 5.92 Å². The van der Waals surface area contributed by atoms with E-state index in [-0.39, 0.29) is 29.3 Å². The van der Waals surface area contributed by atoms with Crippen LogP contribution in [0.2, 0.25) is 0 Å². The van der Waals surface area contributed by atoms with Gasteiger partial charge in [0.25, 0.3) is 5.91 Å². The molecule has 2 rings (SSSR count). The second-order valence-corrected chi connectivity index (χ2v) is 9.19. The summed E-state index contributed by atoms with van der Waals surface area (Å²) in [5.41, 5.74) is 0.173. The molecule has 8 heteroatoms. The van der Waals surface area contributed by atoms with Crippen LogP contribution >= 0.6 is 0 Å². The van der Waals surface area contributed by atoms with Gasteiger partial charge in [-0.15, -0.1) is 0 Å². The highest BCUT2D eigenvalue weighted by molar-refractivity contribution is 5.97.